The maximum Gasteiger partial charge on any atom is 0.260 e. The summed E-state index contributed by atoms with van der Waals surface area (Å²) in [6.45, 7) is 6.17. The largest absolute Gasteiger partial charge is 0.481 e. The Labute approximate surface area is 151 Å². The molecular formula is C18H22ClNO3S. The van der Waals surface area contributed by atoms with Gasteiger partial charge in [0.25, 0.3) is 5.91 Å². The van der Waals surface area contributed by atoms with Gasteiger partial charge >= 0.3 is 0 Å². The summed E-state index contributed by atoms with van der Waals surface area (Å²) in [4.78, 5) is 12.1. The van der Waals surface area contributed by atoms with E-state index in [4.69, 9.17) is 20.8 Å². The van der Waals surface area contributed by atoms with Gasteiger partial charge in [0, 0.05) is 17.3 Å². The van der Waals surface area contributed by atoms with Crippen molar-refractivity contribution in [3.05, 3.63) is 52.4 Å². The molecule has 1 atom stereocenters. The SMILES string of the molecule is Cc1cc(O[C@@H](C)C(=O)NCCSCc2ccco2)cc(C)c1Cl. The number of hydrogen-bond acceptors (Lipinski definition) is 4. The molecule has 1 aromatic heterocycles. The molecule has 1 N–H and O–H groups in total. The molecule has 1 amide bonds. The lowest BCUT2D eigenvalue weighted by atomic mass is 10.1. The van der Waals surface area contributed by atoms with Crippen molar-refractivity contribution < 1.29 is 13.9 Å². The van der Waals surface area contributed by atoms with Crippen molar-refractivity contribution >= 4 is 29.3 Å². The van der Waals surface area contributed by atoms with E-state index in [2.05, 4.69) is 5.32 Å². The van der Waals surface area contributed by atoms with Gasteiger partial charge in [0.2, 0.25) is 0 Å². The van der Waals surface area contributed by atoms with Crippen LogP contribution < -0.4 is 10.1 Å². The van der Waals surface area contributed by atoms with Crippen LogP contribution in [0.2, 0.25) is 5.02 Å². The lowest BCUT2D eigenvalue weighted by molar-refractivity contribution is -0.127. The van der Waals surface area contributed by atoms with Crippen molar-refractivity contribution in [2.24, 2.45) is 0 Å². The third-order valence-corrected chi connectivity index (χ3v) is 5.04. The Kier molecular flexibility index (Phi) is 7.06. The quantitative estimate of drug-likeness (QED) is 0.704. The molecule has 1 aromatic carbocycles. The van der Waals surface area contributed by atoms with Gasteiger partial charge in [0.05, 0.1) is 12.0 Å². The van der Waals surface area contributed by atoms with Crippen LogP contribution in [0.5, 0.6) is 5.75 Å². The van der Waals surface area contributed by atoms with E-state index in [1.54, 1.807) is 24.9 Å². The van der Waals surface area contributed by atoms with Crippen molar-refractivity contribution in [2.45, 2.75) is 32.6 Å². The number of hydrogen-bond donors (Lipinski definition) is 1. The molecule has 0 aliphatic carbocycles. The minimum atomic E-state index is -0.556. The van der Waals surface area contributed by atoms with E-state index >= 15 is 0 Å². The first-order chi connectivity index (χ1) is 11.5. The Hall–Kier alpha value is -1.59. The molecule has 0 aliphatic rings. The molecule has 0 unspecified atom stereocenters. The Morgan fingerprint density at radius 2 is 2.08 bits per heavy atom. The highest BCUT2D eigenvalue weighted by atomic mass is 35.5. The topological polar surface area (TPSA) is 51.5 Å². The first kappa shape index (κ1) is 18.7. The third kappa shape index (κ3) is 5.49. The molecule has 0 spiro atoms. The smallest absolute Gasteiger partial charge is 0.260 e. The minimum Gasteiger partial charge on any atom is -0.481 e. The molecule has 0 fully saturated rings. The molecule has 24 heavy (non-hydrogen) atoms. The monoisotopic (exact) mass is 367 g/mol. The van der Waals surface area contributed by atoms with E-state index in [-0.39, 0.29) is 5.91 Å². The fourth-order valence-electron chi connectivity index (χ4n) is 2.19. The molecule has 0 aliphatic heterocycles. The molecule has 2 rings (SSSR count). The van der Waals surface area contributed by atoms with Gasteiger partial charge in [-0.1, -0.05) is 11.6 Å². The number of halogens is 1. The van der Waals surface area contributed by atoms with Crippen LogP contribution in [0, 0.1) is 13.8 Å². The first-order valence-electron chi connectivity index (χ1n) is 7.78. The molecule has 0 saturated carbocycles. The van der Waals surface area contributed by atoms with Crippen LogP contribution in [0.4, 0.5) is 0 Å². The van der Waals surface area contributed by atoms with Gasteiger partial charge < -0.3 is 14.5 Å². The molecule has 130 valence electrons. The van der Waals surface area contributed by atoms with Crippen molar-refractivity contribution in [2.75, 3.05) is 12.3 Å². The number of nitrogens with one attached hydrogen (secondary N) is 1. The summed E-state index contributed by atoms with van der Waals surface area (Å²) < 4.78 is 11.0. The number of amides is 1. The molecule has 6 heteroatoms. The van der Waals surface area contributed by atoms with Crippen LogP contribution in [0.25, 0.3) is 0 Å². The number of carbonyl (C=O) groups is 1. The number of ether oxygens (including phenoxy) is 1. The van der Waals surface area contributed by atoms with Gasteiger partial charge in [-0.2, -0.15) is 11.8 Å². The number of aryl methyl sites for hydroxylation is 2. The summed E-state index contributed by atoms with van der Waals surface area (Å²) in [5.74, 6) is 3.09. The third-order valence-electron chi connectivity index (χ3n) is 3.46. The lowest BCUT2D eigenvalue weighted by Crippen LogP contribution is -2.37. The predicted octanol–water partition coefficient (Wildman–Crippen LogP) is 4.37. The fourth-order valence-corrected chi connectivity index (χ4v) is 3.05. The highest BCUT2D eigenvalue weighted by Crippen LogP contribution is 2.26. The van der Waals surface area contributed by atoms with Gasteiger partial charge in [-0.3, -0.25) is 4.79 Å². The van der Waals surface area contributed by atoms with Crippen molar-refractivity contribution in [1.29, 1.82) is 0 Å². The number of carbonyl (C=O) groups excluding carboxylic acids is 1. The van der Waals surface area contributed by atoms with E-state index in [1.165, 1.54) is 0 Å². The molecule has 0 saturated heterocycles. The van der Waals surface area contributed by atoms with Gasteiger partial charge in [0.15, 0.2) is 6.10 Å². The summed E-state index contributed by atoms with van der Waals surface area (Å²) in [5, 5.41) is 3.61. The lowest BCUT2D eigenvalue weighted by Gasteiger charge is -2.16. The normalized spacial score (nSPS) is 12.0. The highest BCUT2D eigenvalue weighted by Gasteiger charge is 2.15. The Bertz CT molecular complexity index is 650. The Balaban J connectivity index is 1.72. The van der Waals surface area contributed by atoms with Gasteiger partial charge in [-0.15, -0.1) is 0 Å². The number of benzene rings is 1. The van der Waals surface area contributed by atoms with Crippen LogP contribution in [0.15, 0.2) is 34.9 Å². The number of rotatable bonds is 8. The average molecular weight is 368 g/mol. The van der Waals surface area contributed by atoms with Crippen molar-refractivity contribution in [3.8, 4) is 5.75 Å². The average Bonchev–Trinajstić information content (AvgIpc) is 3.05. The molecule has 2 aromatic rings. The van der Waals surface area contributed by atoms with Crippen LogP contribution in [-0.2, 0) is 10.5 Å². The van der Waals surface area contributed by atoms with E-state index < -0.39 is 6.10 Å². The summed E-state index contributed by atoms with van der Waals surface area (Å²) >= 11 is 7.85. The molecular weight excluding hydrogens is 346 g/mol. The van der Waals surface area contributed by atoms with E-state index in [9.17, 15) is 4.79 Å². The molecule has 4 nitrogen and oxygen atoms in total. The van der Waals surface area contributed by atoms with Crippen LogP contribution in [-0.4, -0.2) is 24.3 Å². The maximum absolute atomic E-state index is 12.1. The minimum absolute atomic E-state index is 0.126. The Morgan fingerprint density at radius 1 is 1.38 bits per heavy atom. The van der Waals surface area contributed by atoms with E-state index in [1.807, 2.05) is 38.1 Å². The first-order valence-corrected chi connectivity index (χ1v) is 9.32. The number of furan rings is 1. The summed E-state index contributed by atoms with van der Waals surface area (Å²) in [6.07, 6.45) is 1.11. The molecule has 0 bridgehead atoms. The second kappa shape index (κ2) is 9.04. The second-order valence-corrected chi connectivity index (χ2v) is 7.04. The zero-order valence-corrected chi connectivity index (χ0v) is 15.7. The van der Waals surface area contributed by atoms with Gasteiger partial charge in [-0.05, 0) is 56.2 Å². The Morgan fingerprint density at radius 3 is 2.71 bits per heavy atom. The molecule has 0 radical (unpaired) electrons. The van der Waals surface area contributed by atoms with Gasteiger partial charge in [0.1, 0.15) is 11.5 Å². The van der Waals surface area contributed by atoms with E-state index in [0.717, 1.165) is 33.4 Å². The zero-order chi connectivity index (χ0) is 17.5. The summed E-state index contributed by atoms with van der Waals surface area (Å²) in [7, 11) is 0. The maximum atomic E-state index is 12.1. The zero-order valence-electron chi connectivity index (χ0n) is 14.1. The highest BCUT2D eigenvalue weighted by molar-refractivity contribution is 7.98. The van der Waals surface area contributed by atoms with Crippen molar-refractivity contribution in [1.82, 2.24) is 5.32 Å². The fraction of sp³-hybridized carbons (Fsp3) is 0.389. The molecule has 1 heterocycles. The summed E-state index contributed by atoms with van der Waals surface area (Å²) in [6, 6.07) is 7.51. The standard InChI is InChI=1S/C18H22ClNO3S/c1-12-9-16(10-13(2)17(12)19)23-14(3)18(21)20-6-8-24-11-15-5-4-7-22-15/h4-5,7,9-10,14H,6,8,11H2,1-3H3,(H,20,21)/t14-/m0/s1. The van der Waals surface area contributed by atoms with Gasteiger partial charge in [-0.25, -0.2) is 0 Å². The van der Waals surface area contributed by atoms with Crippen molar-refractivity contribution in [3.63, 3.8) is 0 Å². The second-order valence-electron chi connectivity index (χ2n) is 5.55. The number of thioether (sulfide) groups is 1. The van der Waals surface area contributed by atoms with Crippen LogP contribution in [0.1, 0.15) is 23.8 Å². The predicted molar refractivity (Wildman–Crippen MR) is 98.9 cm³/mol. The van der Waals surface area contributed by atoms with Crippen LogP contribution >= 0.6 is 23.4 Å². The van der Waals surface area contributed by atoms with E-state index in [0.29, 0.717) is 12.3 Å². The van der Waals surface area contributed by atoms with Crippen LogP contribution in [0.3, 0.4) is 0 Å². The summed E-state index contributed by atoms with van der Waals surface area (Å²) in [5.41, 5.74) is 1.88.